The molecular formula is C14H14FNO3S. The maximum Gasteiger partial charge on any atom is 0.184 e. The van der Waals surface area contributed by atoms with Crippen LogP contribution in [0.4, 0.5) is 10.1 Å². The number of hydrogen-bond acceptors (Lipinski definition) is 4. The molecule has 0 aromatic heterocycles. The van der Waals surface area contributed by atoms with Crippen molar-refractivity contribution in [1.29, 1.82) is 0 Å². The van der Waals surface area contributed by atoms with Crippen molar-refractivity contribution in [2.45, 2.75) is 10.6 Å². The molecule has 0 atom stereocenters. The molecule has 2 aromatic rings. The lowest BCUT2D eigenvalue weighted by atomic mass is 10.2. The molecule has 0 aliphatic heterocycles. The lowest BCUT2D eigenvalue weighted by Crippen LogP contribution is -2.08. The Morgan fingerprint density at radius 1 is 1.20 bits per heavy atom. The minimum atomic E-state index is -3.67. The number of nitrogens with two attached hydrogens (primary N) is 1. The van der Waals surface area contributed by atoms with Crippen LogP contribution in [0, 0.1) is 5.82 Å². The summed E-state index contributed by atoms with van der Waals surface area (Å²) in [7, 11) is -2.23. The largest absolute Gasteiger partial charge is 0.497 e. The molecule has 0 saturated carbocycles. The van der Waals surface area contributed by atoms with Crippen LogP contribution in [0.15, 0.2) is 47.4 Å². The zero-order valence-corrected chi connectivity index (χ0v) is 11.7. The number of ether oxygens (including phenoxy) is 1. The maximum absolute atomic E-state index is 13.1. The van der Waals surface area contributed by atoms with E-state index in [1.54, 1.807) is 12.1 Å². The van der Waals surface area contributed by atoms with Gasteiger partial charge < -0.3 is 10.5 Å². The molecule has 0 fully saturated rings. The SMILES string of the molecule is COc1ccc(N)c(S(=O)(=O)Cc2cccc(F)c2)c1. The minimum absolute atomic E-state index is 0.0129. The molecule has 0 aliphatic carbocycles. The fourth-order valence-corrected chi connectivity index (χ4v) is 3.33. The van der Waals surface area contributed by atoms with Crippen molar-refractivity contribution >= 4 is 15.5 Å². The van der Waals surface area contributed by atoms with Gasteiger partial charge in [0.25, 0.3) is 0 Å². The highest BCUT2D eigenvalue weighted by Crippen LogP contribution is 2.27. The van der Waals surface area contributed by atoms with Gasteiger partial charge in [-0.05, 0) is 29.8 Å². The molecule has 2 N–H and O–H groups in total. The monoisotopic (exact) mass is 295 g/mol. The van der Waals surface area contributed by atoms with Crippen molar-refractivity contribution in [3.63, 3.8) is 0 Å². The van der Waals surface area contributed by atoms with Crippen LogP contribution in [0.25, 0.3) is 0 Å². The van der Waals surface area contributed by atoms with Crippen LogP contribution in [-0.2, 0) is 15.6 Å². The van der Waals surface area contributed by atoms with Gasteiger partial charge in [-0.25, -0.2) is 12.8 Å². The summed E-state index contributed by atoms with van der Waals surface area (Å²) >= 11 is 0. The highest BCUT2D eigenvalue weighted by molar-refractivity contribution is 7.90. The standard InChI is InChI=1S/C14H14FNO3S/c1-19-12-5-6-13(16)14(8-12)20(17,18)9-10-3-2-4-11(15)7-10/h2-8H,9,16H2,1H3. The first kappa shape index (κ1) is 14.3. The number of nitrogen functional groups attached to an aromatic ring is 1. The Bertz CT molecular complexity index is 729. The summed E-state index contributed by atoms with van der Waals surface area (Å²) < 4.78 is 42.8. The van der Waals surface area contributed by atoms with Gasteiger partial charge in [-0.1, -0.05) is 12.1 Å². The predicted molar refractivity (Wildman–Crippen MR) is 74.7 cm³/mol. The summed E-state index contributed by atoms with van der Waals surface area (Å²) in [6.07, 6.45) is 0. The molecular weight excluding hydrogens is 281 g/mol. The van der Waals surface area contributed by atoms with Gasteiger partial charge in [-0.15, -0.1) is 0 Å². The Kier molecular flexibility index (Phi) is 3.94. The van der Waals surface area contributed by atoms with E-state index >= 15 is 0 Å². The fourth-order valence-electron chi connectivity index (χ4n) is 1.83. The number of hydrogen-bond donors (Lipinski definition) is 1. The van der Waals surface area contributed by atoms with Gasteiger partial charge in [0.05, 0.1) is 23.4 Å². The van der Waals surface area contributed by atoms with Crippen molar-refractivity contribution in [3.8, 4) is 5.75 Å². The normalized spacial score (nSPS) is 11.3. The quantitative estimate of drug-likeness (QED) is 0.879. The third kappa shape index (κ3) is 3.08. The molecule has 0 heterocycles. The van der Waals surface area contributed by atoms with Gasteiger partial charge in [0.1, 0.15) is 11.6 Å². The molecule has 20 heavy (non-hydrogen) atoms. The van der Waals surface area contributed by atoms with Gasteiger partial charge in [0, 0.05) is 6.07 Å². The average molecular weight is 295 g/mol. The lowest BCUT2D eigenvalue weighted by molar-refractivity contribution is 0.413. The second-order valence-electron chi connectivity index (χ2n) is 4.29. The highest BCUT2D eigenvalue weighted by atomic mass is 32.2. The first-order valence-corrected chi connectivity index (χ1v) is 7.48. The number of benzene rings is 2. The summed E-state index contributed by atoms with van der Waals surface area (Å²) in [4.78, 5) is -0.0129. The summed E-state index contributed by atoms with van der Waals surface area (Å²) in [6.45, 7) is 0. The molecule has 0 saturated heterocycles. The van der Waals surface area contributed by atoms with E-state index in [0.717, 1.165) is 0 Å². The molecule has 0 amide bonds. The maximum atomic E-state index is 13.1. The highest BCUT2D eigenvalue weighted by Gasteiger charge is 2.19. The van der Waals surface area contributed by atoms with Crippen molar-refractivity contribution in [1.82, 2.24) is 0 Å². The van der Waals surface area contributed by atoms with Crippen LogP contribution in [0.3, 0.4) is 0 Å². The van der Waals surface area contributed by atoms with Crippen molar-refractivity contribution in [2.24, 2.45) is 0 Å². The van der Waals surface area contributed by atoms with Crippen LogP contribution in [0.1, 0.15) is 5.56 Å². The topological polar surface area (TPSA) is 69.4 Å². The van der Waals surface area contributed by atoms with Crippen LogP contribution >= 0.6 is 0 Å². The molecule has 0 aliphatic rings. The number of sulfone groups is 1. The predicted octanol–water partition coefficient (Wildman–Crippen LogP) is 2.39. The zero-order chi connectivity index (χ0) is 14.8. The molecule has 106 valence electrons. The number of rotatable bonds is 4. The molecule has 0 bridgehead atoms. The van der Waals surface area contributed by atoms with Gasteiger partial charge >= 0.3 is 0 Å². The number of methoxy groups -OCH3 is 1. The van der Waals surface area contributed by atoms with E-state index in [1.807, 2.05) is 0 Å². The van der Waals surface area contributed by atoms with Crippen LogP contribution < -0.4 is 10.5 Å². The molecule has 0 spiro atoms. The summed E-state index contributed by atoms with van der Waals surface area (Å²) in [6, 6.07) is 9.88. The van der Waals surface area contributed by atoms with E-state index < -0.39 is 15.7 Å². The van der Waals surface area contributed by atoms with Crippen molar-refractivity contribution < 1.29 is 17.5 Å². The molecule has 2 aromatic carbocycles. The zero-order valence-electron chi connectivity index (χ0n) is 10.8. The van der Waals surface area contributed by atoms with Gasteiger partial charge in [-0.3, -0.25) is 0 Å². The van der Waals surface area contributed by atoms with Crippen LogP contribution in [0.5, 0.6) is 5.75 Å². The molecule has 0 unspecified atom stereocenters. The Balaban J connectivity index is 2.40. The second kappa shape index (κ2) is 5.50. The second-order valence-corrected chi connectivity index (χ2v) is 6.25. The van der Waals surface area contributed by atoms with E-state index in [4.69, 9.17) is 10.5 Å². The first-order chi connectivity index (χ1) is 9.42. The summed E-state index contributed by atoms with van der Waals surface area (Å²) in [5, 5.41) is 0. The molecule has 4 nitrogen and oxygen atoms in total. The minimum Gasteiger partial charge on any atom is -0.497 e. The fraction of sp³-hybridized carbons (Fsp3) is 0.143. The van der Waals surface area contributed by atoms with E-state index in [9.17, 15) is 12.8 Å². The molecule has 6 heteroatoms. The van der Waals surface area contributed by atoms with Gasteiger partial charge in [-0.2, -0.15) is 0 Å². The van der Waals surface area contributed by atoms with Gasteiger partial charge in [0.15, 0.2) is 9.84 Å². The van der Waals surface area contributed by atoms with Crippen LogP contribution in [-0.4, -0.2) is 15.5 Å². The third-order valence-electron chi connectivity index (χ3n) is 2.80. The summed E-state index contributed by atoms with van der Waals surface area (Å²) in [5.74, 6) is -0.393. The van der Waals surface area contributed by atoms with Gasteiger partial charge in [0.2, 0.25) is 0 Å². The van der Waals surface area contributed by atoms with E-state index in [1.165, 1.54) is 37.4 Å². The molecule has 2 rings (SSSR count). The van der Waals surface area contributed by atoms with Crippen molar-refractivity contribution in [2.75, 3.05) is 12.8 Å². The molecule has 0 radical (unpaired) electrons. The number of anilines is 1. The van der Waals surface area contributed by atoms with E-state index in [0.29, 0.717) is 11.3 Å². The Labute approximate surface area is 116 Å². The van der Waals surface area contributed by atoms with Crippen LogP contribution in [0.2, 0.25) is 0 Å². The Morgan fingerprint density at radius 2 is 1.95 bits per heavy atom. The Morgan fingerprint density at radius 3 is 2.60 bits per heavy atom. The van der Waals surface area contributed by atoms with E-state index in [-0.39, 0.29) is 16.3 Å². The third-order valence-corrected chi connectivity index (χ3v) is 4.54. The Hall–Kier alpha value is -2.08. The smallest absolute Gasteiger partial charge is 0.184 e. The van der Waals surface area contributed by atoms with Crippen molar-refractivity contribution in [3.05, 3.63) is 53.8 Å². The number of halogens is 1. The summed E-state index contributed by atoms with van der Waals surface area (Å²) in [5.41, 5.74) is 6.21. The lowest BCUT2D eigenvalue weighted by Gasteiger charge is -2.09. The first-order valence-electron chi connectivity index (χ1n) is 5.83. The average Bonchev–Trinajstić information content (AvgIpc) is 2.38. The van der Waals surface area contributed by atoms with E-state index in [2.05, 4.69) is 0 Å².